The van der Waals surface area contributed by atoms with E-state index in [1.165, 1.54) is 0 Å². The topological polar surface area (TPSA) is 101 Å². The minimum Gasteiger partial charge on any atom is -0.408 e. The van der Waals surface area contributed by atoms with Crippen LogP contribution in [0, 0.1) is 0 Å². The molecule has 10 heteroatoms. The molecule has 2 saturated heterocycles. The van der Waals surface area contributed by atoms with Crippen molar-refractivity contribution in [2.45, 2.75) is 104 Å². The Morgan fingerprint density at radius 2 is 1.33 bits per heavy atom. The molecule has 2 aromatic rings. The molecule has 2 aromatic carbocycles. The fourth-order valence-electron chi connectivity index (χ4n) is 4.56. The predicted octanol–water partition coefficient (Wildman–Crippen LogP) is 4.78. The second-order valence-corrected chi connectivity index (χ2v) is 13.5. The van der Waals surface area contributed by atoms with Gasteiger partial charge in [-0.05, 0) is 90.0 Å². The number of rotatable bonds is 4. The van der Waals surface area contributed by atoms with Crippen molar-refractivity contribution >= 4 is 42.6 Å². The molecular weight excluding hydrogens is 494 g/mol. The summed E-state index contributed by atoms with van der Waals surface area (Å²) >= 11 is 0. The third-order valence-electron chi connectivity index (χ3n) is 8.38. The van der Waals surface area contributed by atoms with Gasteiger partial charge in [0.25, 0.3) is 0 Å². The van der Waals surface area contributed by atoms with Crippen LogP contribution in [0.1, 0.15) is 81.7 Å². The second-order valence-electron chi connectivity index (χ2n) is 13.5. The van der Waals surface area contributed by atoms with Crippen molar-refractivity contribution in [3.05, 3.63) is 42.0 Å². The lowest BCUT2D eigenvalue weighted by Crippen LogP contribution is -2.42. The molecule has 2 aliphatic rings. The molecule has 0 saturated carbocycles. The summed E-state index contributed by atoms with van der Waals surface area (Å²) in [6, 6.07) is 11.0. The lowest BCUT2D eigenvalue weighted by molar-refractivity contribution is 0.00578. The molecule has 0 aromatic heterocycles. The molecule has 0 bridgehead atoms. The molecule has 2 aliphatic heterocycles. The van der Waals surface area contributed by atoms with Crippen LogP contribution in [0.15, 0.2) is 36.4 Å². The zero-order valence-corrected chi connectivity index (χ0v) is 25.1. The number of carbonyl (C=O) groups excluding carboxylic acids is 1. The van der Waals surface area contributed by atoms with Gasteiger partial charge in [0.2, 0.25) is 0 Å². The molecule has 39 heavy (non-hydrogen) atoms. The molecule has 0 spiro atoms. The first-order valence-corrected chi connectivity index (χ1v) is 13.5. The van der Waals surface area contributed by atoms with Crippen molar-refractivity contribution in [2.24, 2.45) is 0 Å². The molecule has 8 nitrogen and oxygen atoms in total. The van der Waals surface area contributed by atoms with E-state index in [1.807, 2.05) is 79.7 Å². The number of hydrogen-bond donors (Lipinski definition) is 2. The Balaban J connectivity index is 1.62. The Kier molecular flexibility index (Phi) is 7.21. The Morgan fingerprint density at radius 1 is 0.821 bits per heavy atom. The van der Waals surface area contributed by atoms with Gasteiger partial charge >= 0.3 is 20.3 Å². The maximum Gasteiger partial charge on any atom is 0.499 e. The molecule has 0 unspecified atom stereocenters. The van der Waals surface area contributed by atoms with E-state index in [1.54, 1.807) is 12.1 Å². The number of amides is 1. The maximum atomic E-state index is 13.2. The summed E-state index contributed by atoms with van der Waals surface area (Å²) < 4.78 is 31.0. The zero-order chi connectivity index (χ0) is 29.2. The van der Waals surface area contributed by atoms with Gasteiger partial charge in [0.15, 0.2) is 5.75 Å². The molecule has 210 valence electrons. The van der Waals surface area contributed by atoms with E-state index in [-0.39, 0.29) is 11.2 Å². The third-order valence-corrected chi connectivity index (χ3v) is 8.38. The summed E-state index contributed by atoms with van der Waals surface area (Å²) in [6.07, 6.45) is -0.684. The van der Waals surface area contributed by atoms with Crippen molar-refractivity contribution in [3.63, 3.8) is 0 Å². The molecular formula is C29H42B2N2O6. The molecule has 2 fully saturated rings. The average molecular weight is 536 g/mol. The van der Waals surface area contributed by atoms with Crippen LogP contribution >= 0.6 is 0 Å². The fraction of sp³-hybridized carbons (Fsp3) is 0.552. The normalized spacial score (nSPS) is 21.2. The summed E-state index contributed by atoms with van der Waals surface area (Å²) in [5.74, 6) is 0.223. The van der Waals surface area contributed by atoms with Gasteiger partial charge in [0, 0.05) is 11.2 Å². The maximum absolute atomic E-state index is 13.2. The molecule has 0 radical (unpaired) electrons. The van der Waals surface area contributed by atoms with Crippen LogP contribution in [0.3, 0.4) is 0 Å². The van der Waals surface area contributed by atoms with E-state index in [9.17, 15) is 4.79 Å². The second kappa shape index (κ2) is 9.54. The van der Waals surface area contributed by atoms with Crippen LogP contribution in [-0.2, 0) is 24.0 Å². The van der Waals surface area contributed by atoms with Crippen LogP contribution in [0.5, 0.6) is 5.75 Å². The minimum absolute atomic E-state index is 0.223. The molecule has 2 heterocycles. The largest absolute Gasteiger partial charge is 0.499 e. The zero-order valence-electron chi connectivity index (χ0n) is 25.1. The Bertz CT molecular complexity index is 1240. The fourth-order valence-corrected chi connectivity index (χ4v) is 4.56. The summed E-state index contributed by atoms with van der Waals surface area (Å²) in [4.78, 5) is 13.2. The minimum atomic E-state index is -0.762. The van der Waals surface area contributed by atoms with Crippen molar-refractivity contribution < 1.29 is 28.1 Å². The first kappa shape index (κ1) is 29.5. The number of nitrogens with two attached hydrogens (primary N) is 1. The van der Waals surface area contributed by atoms with E-state index in [0.29, 0.717) is 16.8 Å². The van der Waals surface area contributed by atoms with Gasteiger partial charge in [0.05, 0.1) is 28.1 Å². The summed E-state index contributed by atoms with van der Waals surface area (Å²) in [6.45, 7) is 22.2. The van der Waals surface area contributed by atoms with E-state index < -0.39 is 42.7 Å². The first-order chi connectivity index (χ1) is 17.7. The van der Waals surface area contributed by atoms with Crippen molar-refractivity contribution in [2.75, 3.05) is 11.1 Å². The number of ether oxygens (including phenoxy) is 1. The first-order valence-electron chi connectivity index (χ1n) is 13.5. The lowest BCUT2D eigenvalue weighted by atomic mass is 9.68. The highest BCUT2D eigenvalue weighted by Crippen LogP contribution is 2.40. The molecule has 0 atom stereocenters. The van der Waals surface area contributed by atoms with Crippen molar-refractivity contribution in [3.8, 4) is 5.75 Å². The number of benzene rings is 2. The van der Waals surface area contributed by atoms with Crippen LogP contribution in [-0.4, -0.2) is 42.7 Å². The number of nitrogens with one attached hydrogen (secondary N) is 1. The van der Waals surface area contributed by atoms with E-state index in [4.69, 9.17) is 29.1 Å². The van der Waals surface area contributed by atoms with Crippen LogP contribution in [0.25, 0.3) is 0 Å². The quantitative estimate of drug-likeness (QED) is 0.429. The predicted molar refractivity (Wildman–Crippen MR) is 157 cm³/mol. The van der Waals surface area contributed by atoms with Gasteiger partial charge in [-0.1, -0.05) is 39.0 Å². The average Bonchev–Trinajstić information content (AvgIpc) is 3.13. The highest BCUT2D eigenvalue weighted by molar-refractivity contribution is 6.64. The number of hydrogen-bond acceptors (Lipinski definition) is 7. The van der Waals surface area contributed by atoms with Gasteiger partial charge in [0.1, 0.15) is 0 Å². The SMILES string of the molecule is CC(C)(C)c1ccc(N)c(OC(=O)Nc2cccc(B3OC(C)(C)C(C)(C)O3)c2)c1B1OC(C)(C)C(C)(C)O1. The van der Waals surface area contributed by atoms with E-state index >= 15 is 0 Å². The summed E-state index contributed by atoms with van der Waals surface area (Å²) in [5, 5.41) is 2.82. The van der Waals surface area contributed by atoms with Gasteiger partial charge in [-0.25, -0.2) is 4.79 Å². The van der Waals surface area contributed by atoms with Gasteiger partial charge in [-0.2, -0.15) is 0 Å². The molecule has 1 amide bonds. The van der Waals surface area contributed by atoms with Crippen LogP contribution in [0.2, 0.25) is 0 Å². The highest BCUT2D eigenvalue weighted by Gasteiger charge is 2.54. The van der Waals surface area contributed by atoms with Gasteiger partial charge < -0.3 is 29.1 Å². The van der Waals surface area contributed by atoms with Gasteiger partial charge in [-0.3, -0.25) is 5.32 Å². The smallest absolute Gasteiger partial charge is 0.408 e. The van der Waals surface area contributed by atoms with E-state index in [2.05, 4.69) is 26.1 Å². The van der Waals surface area contributed by atoms with Crippen LogP contribution in [0.4, 0.5) is 16.2 Å². The summed E-state index contributed by atoms with van der Waals surface area (Å²) in [7, 11) is -1.32. The monoisotopic (exact) mass is 536 g/mol. The molecule has 0 aliphatic carbocycles. The standard InChI is InChI=1S/C29H42B2N2O6/c1-25(2,3)20-15-16-21(32)23(22(20)31-38-28(8,9)29(10,11)39-31)35-24(34)33-19-14-12-13-18(17-19)30-36-26(4,5)27(6,7)37-30/h12-17H,32H2,1-11H3,(H,33,34). The summed E-state index contributed by atoms with van der Waals surface area (Å²) in [5.41, 5.74) is 7.16. The highest BCUT2D eigenvalue weighted by atomic mass is 16.7. The number of carbonyl (C=O) groups is 1. The van der Waals surface area contributed by atoms with Crippen LogP contribution < -0.4 is 26.7 Å². The Hall–Kier alpha value is -2.52. The van der Waals surface area contributed by atoms with Crippen molar-refractivity contribution in [1.29, 1.82) is 0 Å². The Morgan fingerprint density at radius 3 is 1.85 bits per heavy atom. The van der Waals surface area contributed by atoms with Gasteiger partial charge in [-0.15, -0.1) is 0 Å². The number of nitrogen functional groups attached to an aromatic ring is 1. The molecule has 3 N–H and O–H groups in total. The third kappa shape index (κ3) is 5.57. The Labute approximate surface area is 233 Å². The van der Waals surface area contributed by atoms with Crippen molar-refractivity contribution in [1.82, 2.24) is 0 Å². The van der Waals surface area contributed by atoms with E-state index in [0.717, 1.165) is 11.0 Å². The lowest BCUT2D eigenvalue weighted by Gasteiger charge is -2.32. The molecule has 4 rings (SSSR count). The number of anilines is 2.